The van der Waals surface area contributed by atoms with Gasteiger partial charge in [0.25, 0.3) is 0 Å². The van der Waals surface area contributed by atoms with E-state index in [9.17, 15) is 9.90 Å². The fraction of sp³-hybridized carbons (Fsp3) is 0.190. The molecule has 3 heterocycles. The highest BCUT2D eigenvalue weighted by Gasteiger charge is 2.20. The van der Waals surface area contributed by atoms with E-state index in [1.165, 1.54) is 7.05 Å². The summed E-state index contributed by atoms with van der Waals surface area (Å²) in [4.78, 5) is 27.2. The molecule has 0 atom stereocenters. The average molecular weight is 414 g/mol. The van der Waals surface area contributed by atoms with Crippen LogP contribution in [0.15, 0.2) is 46.3 Å². The van der Waals surface area contributed by atoms with Crippen LogP contribution in [0.3, 0.4) is 0 Å². The molecule has 10 nitrogen and oxygen atoms in total. The van der Waals surface area contributed by atoms with Crippen molar-refractivity contribution in [2.75, 3.05) is 5.32 Å². The third kappa shape index (κ3) is 3.53. The minimum atomic E-state index is -0.414. The molecule has 0 aliphatic heterocycles. The summed E-state index contributed by atoms with van der Waals surface area (Å²) in [5, 5.41) is 18.4. The van der Waals surface area contributed by atoms with Crippen molar-refractivity contribution in [3.05, 3.63) is 74.8 Å². The van der Waals surface area contributed by atoms with Gasteiger partial charge in [-0.3, -0.25) is 9.56 Å². The van der Waals surface area contributed by atoms with Gasteiger partial charge in [-0.1, -0.05) is 12.1 Å². The number of imidazole rings is 1. The number of anilines is 2. The van der Waals surface area contributed by atoms with Gasteiger partial charge in [0, 0.05) is 24.0 Å². The van der Waals surface area contributed by atoms with Crippen molar-refractivity contribution in [3.8, 4) is 5.88 Å². The molecule has 5 rings (SSSR count). The van der Waals surface area contributed by atoms with E-state index in [1.807, 2.05) is 18.2 Å². The summed E-state index contributed by atoms with van der Waals surface area (Å²) in [6.07, 6.45) is 5.34. The molecule has 0 unspecified atom stereocenters. The number of hydrogen-bond acceptors (Lipinski definition) is 6. The van der Waals surface area contributed by atoms with Crippen LogP contribution in [0.25, 0.3) is 16.6 Å². The Labute approximate surface area is 175 Å². The van der Waals surface area contributed by atoms with Gasteiger partial charge in [-0.05, 0) is 31.1 Å². The van der Waals surface area contributed by atoms with Crippen LogP contribution in [0.1, 0.15) is 18.5 Å². The van der Waals surface area contributed by atoms with Crippen molar-refractivity contribution in [2.24, 2.45) is 12.0 Å². The molecule has 1 saturated carbocycles. The summed E-state index contributed by atoms with van der Waals surface area (Å²) in [5.74, 6) is 0.407. The number of aromatic nitrogens is 5. The van der Waals surface area contributed by atoms with E-state index in [1.54, 1.807) is 28.9 Å². The van der Waals surface area contributed by atoms with Crippen LogP contribution in [-0.2, 0) is 7.05 Å². The summed E-state index contributed by atoms with van der Waals surface area (Å²) in [6, 6.07) is 9.20. The van der Waals surface area contributed by atoms with E-state index in [2.05, 4.69) is 25.2 Å². The maximum atomic E-state index is 11.8. The predicted molar refractivity (Wildman–Crippen MR) is 114 cm³/mol. The van der Waals surface area contributed by atoms with Crippen LogP contribution in [0.4, 0.5) is 17.2 Å². The van der Waals surface area contributed by atoms with Crippen molar-refractivity contribution < 1.29 is 5.11 Å². The number of benzene rings is 1. The van der Waals surface area contributed by atoms with Crippen molar-refractivity contribution in [2.45, 2.75) is 18.9 Å². The molecule has 1 aliphatic rings. The van der Waals surface area contributed by atoms with Crippen LogP contribution in [0.2, 0.25) is 0 Å². The number of nitrogens with zero attached hydrogens (tertiary/aromatic N) is 6. The standard InChI is InChI=1S/C21H18N8O2/c1-22-13-3-5-14(6-4-13)24-17-10-18(25-15-7-8-15)29-19(27-17)12(11-23-29)9-16-20(30)28(2)21(31)26-16/h3-6,9-11,15,24,30H,7-8H2,2H3,(H,26,31). The fourth-order valence-electron chi connectivity index (χ4n) is 3.17. The Bertz CT molecular complexity index is 1520. The van der Waals surface area contributed by atoms with E-state index < -0.39 is 5.69 Å². The molecule has 154 valence electrons. The second-order valence-electron chi connectivity index (χ2n) is 7.35. The third-order valence-electron chi connectivity index (χ3n) is 5.02. The van der Waals surface area contributed by atoms with Crippen molar-refractivity contribution in [1.82, 2.24) is 24.1 Å². The minimum Gasteiger partial charge on any atom is -0.493 e. The van der Waals surface area contributed by atoms with Gasteiger partial charge in [-0.2, -0.15) is 9.61 Å². The zero-order valence-corrected chi connectivity index (χ0v) is 16.6. The maximum Gasteiger partial charge on any atom is 0.328 e. The first-order valence-corrected chi connectivity index (χ1v) is 9.69. The molecular weight excluding hydrogens is 396 g/mol. The Morgan fingerprint density at radius 2 is 2.13 bits per heavy atom. The molecule has 1 aliphatic carbocycles. The highest BCUT2D eigenvalue weighted by Crippen LogP contribution is 2.23. The quantitative estimate of drug-likeness (QED) is 0.436. The van der Waals surface area contributed by atoms with Crippen LogP contribution in [0.5, 0.6) is 5.88 Å². The summed E-state index contributed by atoms with van der Waals surface area (Å²) in [7, 11) is 1.48. The van der Waals surface area contributed by atoms with Gasteiger partial charge >= 0.3 is 5.69 Å². The van der Waals surface area contributed by atoms with E-state index in [-0.39, 0.29) is 17.6 Å². The van der Waals surface area contributed by atoms with E-state index >= 15 is 0 Å². The Kier molecular flexibility index (Phi) is 4.29. The normalized spacial score (nSPS) is 14.8. The Morgan fingerprint density at radius 1 is 1.35 bits per heavy atom. The molecule has 31 heavy (non-hydrogen) atoms. The molecule has 1 aromatic carbocycles. The summed E-state index contributed by atoms with van der Waals surface area (Å²) < 4.78 is 2.77. The van der Waals surface area contributed by atoms with Gasteiger partial charge in [-0.15, -0.1) is 0 Å². The first-order valence-electron chi connectivity index (χ1n) is 9.69. The topological polar surface area (TPSA) is 117 Å². The summed E-state index contributed by atoms with van der Waals surface area (Å²) in [5.41, 5.74) is 2.41. The first kappa shape index (κ1) is 18.6. The van der Waals surface area contributed by atoms with Crippen LogP contribution in [-0.4, -0.2) is 35.3 Å². The highest BCUT2D eigenvalue weighted by atomic mass is 16.3. The third-order valence-corrected chi connectivity index (χ3v) is 5.02. The lowest BCUT2D eigenvalue weighted by molar-refractivity contribution is 0.428. The minimum absolute atomic E-state index is 0.165. The lowest BCUT2D eigenvalue weighted by Crippen LogP contribution is -2.19. The number of H-pyrrole nitrogens is 1. The molecule has 4 aromatic rings. The zero-order valence-electron chi connectivity index (χ0n) is 16.6. The van der Waals surface area contributed by atoms with Gasteiger partial charge in [0.05, 0.1) is 18.8 Å². The molecule has 1 fully saturated rings. The lowest BCUT2D eigenvalue weighted by atomic mass is 10.3. The zero-order chi connectivity index (χ0) is 21.5. The molecule has 3 aromatic heterocycles. The number of hydrogen-bond donors (Lipinski definition) is 3. The van der Waals surface area contributed by atoms with Crippen molar-refractivity contribution >= 4 is 28.9 Å². The monoisotopic (exact) mass is 414 g/mol. The van der Waals surface area contributed by atoms with E-state index in [0.29, 0.717) is 27.9 Å². The second kappa shape index (κ2) is 7.14. The number of aromatic hydroxyl groups is 1. The van der Waals surface area contributed by atoms with Crippen molar-refractivity contribution in [1.29, 1.82) is 0 Å². The predicted octanol–water partition coefficient (Wildman–Crippen LogP) is 1.37. The molecule has 0 saturated heterocycles. The molecule has 10 heteroatoms. The number of nitrogens with one attached hydrogen (secondary N) is 2. The highest BCUT2D eigenvalue weighted by molar-refractivity contribution is 5.63. The van der Waals surface area contributed by atoms with Crippen LogP contribution >= 0.6 is 0 Å². The molecule has 0 radical (unpaired) electrons. The smallest absolute Gasteiger partial charge is 0.328 e. The van der Waals surface area contributed by atoms with Crippen LogP contribution in [0, 0.1) is 6.57 Å². The van der Waals surface area contributed by atoms with E-state index in [4.69, 9.17) is 11.6 Å². The Hall–Kier alpha value is -4.39. The molecule has 3 N–H and O–H groups in total. The number of aromatic amines is 1. The first-order chi connectivity index (χ1) is 15.0. The van der Waals surface area contributed by atoms with Gasteiger partial charge < -0.3 is 15.4 Å². The number of rotatable bonds is 4. The molecule has 0 bridgehead atoms. The molecular formula is C21H18N8O2. The molecule has 0 amide bonds. The molecule has 0 spiro atoms. The summed E-state index contributed by atoms with van der Waals surface area (Å²) >= 11 is 0. The second-order valence-corrected chi connectivity index (χ2v) is 7.35. The van der Waals surface area contributed by atoms with Gasteiger partial charge in [0.2, 0.25) is 5.88 Å². The summed E-state index contributed by atoms with van der Waals surface area (Å²) in [6.45, 7) is 7.08. The van der Waals surface area contributed by atoms with Crippen molar-refractivity contribution in [3.63, 3.8) is 0 Å². The SMILES string of the molecule is [C-]#[N+]c1ccc(Nc2cc(=NC3CC3)n3ncc(=Cc4[nH]c(=O)n(C)c4O)c3n2)cc1. The van der Waals surface area contributed by atoms with Gasteiger partial charge in [0.15, 0.2) is 16.8 Å². The van der Waals surface area contributed by atoms with E-state index in [0.717, 1.165) is 23.1 Å². The maximum absolute atomic E-state index is 11.8. The Morgan fingerprint density at radius 3 is 2.77 bits per heavy atom. The van der Waals surface area contributed by atoms with Gasteiger partial charge in [0.1, 0.15) is 11.5 Å². The Balaban J connectivity index is 1.66. The largest absolute Gasteiger partial charge is 0.493 e. The average Bonchev–Trinajstić information content (AvgIpc) is 3.45. The fourth-order valence-corrected chi connectivity index (χ4v) is 3.17. The lowest BCUT2D eigenvalue weighted by Gasteiger charge is -2.06. The number of fused-ring (bicyclic) bond motifs is 1. The van der Waals surface area contributed by atoms with Gasteiger partial charge in [-0.25, -0.2) is 14.6 Å². The van der Waals surface area contributed by atoms with Crippen LogP contribution < -0.4 is 21.7 Å².